The third-order valence-electron chi connectivity index (χ3n) is 4.98. The molecule has 160 valence electrons. The summed E-state index contributed by atoms with van der Waals surface area (Å²) in [7, 11) is 1.56. The lowest BCUT2D eigenvalue weighted by atomic mass is 10.0. The van der Waals surface area contributed by atoms with Gasteiger partial charge in [0.2, 0.25) is 5.43 Å². The Labute approximate surface area is 190 Å². The first-order valence-corrected chi connectivity index (χ1v) is 10.3. The molecule has 0 bridgehead atoms. The summed E-state index contributed by atoms with van der Waals surface area (Å²) in [6, 6.07) is 23.0. The number of carbonyl (C=O) groups excluding carboxylic acids is 1. The van der Waals surface area contributed by atoms with Gasteiger partial charge >= 0.3 is 0 Å². The van der Waals surface area contributed by atoms with E-state index in [-0.39, 0.29) is 22.5 Å². The van der Waals surface area contributed by atoms with Crippen LogP contribution in [0.4, 0.5) is 5.82 Å². The van der Waals surface area contributed by atoms with Crippen LogP contribution >= 0.6 is 11.6 Å². The summed E-state index contributed by atoms with van der Waals surface area (Å²) in [5.74, 6) is 0.480. The Morgan fingerprint density at radius 2 is 1.62 bits per heavy atom. The molecular weight excluding hydrogens is 426 g/mol. The predicted octanol–water partition coefficient (Wildman–Crippen LogP) is 5.12. The van der Waals surface area contributed by atoms with Crippen LogP contribution in [0.25, 0.3) is 16.8 Å². The number of nitrogens with one attached hydrogen (secondary N) is 1. The molecule has 0 radical (unpaired) electrons. The van der Waals surface area contributed by atoms with Crippen molar-refractivity contribution in [2.45, 2.75) is 6.92 Å². The van der Waals surface area contributed by atoms with Gasteiger partial charge in [0.1, 0.15) is 17.3 Å². The number of anilines is 1. The van der Waals surface area contributed by atoms with Gasteiger partial charge in [-0.3, -0.25) is 9.59 Å². The monoisotopic (exact) mass is 445 g/mol. The number of benzene rings is 3. The molecule has 0 aliphatic carbocycles. The smallest absolute Gasteiger partial charge is 0.256 e. The Kier molecular flexibility index (Phi) is 6.05. The maximum absolute atomic E-state index is 13.2. The number of carbonyl (C=O) groups is 1. The molecule has 0 aliphatic rings. The molecule has 1 amide bonds. The first-order chi connectivity index (χ1) is 15.5. The molecule has 0 saturated heterocycles. The minimum absolute atomic E-state index is 0.237. The van der Waals surface area contributed by atoms with Crippen molar-refractivity contribution in [3.8, 4) is 22.6 Å². The third-order valence-corrected chi connectivity index (χ3v) is 5.31. The molecule has 0 fully saturated rings. The second kappa shape index (κ2) is 9.08. The first-order valence-electron chi connectivity index (χ1n) is 9.89. The molecule has 7 heteroatoms. The van der Waals surface area contributed by atoms with Gasteiger partial charge in [-0.1, -0.05) is 48.0 Å². The summed E-state index contributed by atoms with van der Waals surface area (Å²) < 4.78 is 6.71. The second-order valence-electron chi connectivity index (χ2n) is 7.05. The molecule has 0 unspecified atom stereocenters. The van der Waals surface area contributed by atoms with Crippen LogP contribution < -0.4 is 15.5 Å². The van der Waals surface area contributed by atoms with Crippen molar-refractivity contribution in [3.63, 3.8) is 0 Å². The van der Waals surface area contributed by atoms with Crippen molar-refractivity contribution < 1.29 is 9.53 Å². The maximum atomic E-state index is 13.2. The average Bonchev–Trinajstić information content (AvgIpc) is 2.83. The number of halogens is 1. The Balaban J connectivity index is 1.93. The molecular formula is C25H20ClN3O3. The van der Waals surface area contributed by atoms with E-state index in [1.54, 1.807) is 67.2 Å². The van der Waals surface area contributed by atoms with E-state index in [4.69, 9.17) is 16.3 Å². The fourth-order valence-corrected chi connectivity index (χ4v) is 3.58. The minimum Gasteiger partial charge on any atom is -0.497 e. The highest BCUT2D eigenvalue weighted by atomic mass is 35.5. The zero-order valence-corrected chi connectivity index (χ0v) is 18.3. The van der Waals surface area contributed by atoms with Crippen molar-refractivity contribution in [1.82, 2.24) is 9.78 Å². The van der Waals surface area contributed by atoms with E-state index >= 15 is 0 Å². The van der Waals surface area contributed by atoms with Crippen molar-refractivity contribution in [1.29, 1.82) is 0 Å². The number of rotatable bonds is 5. The van der Waals surface area contributed by atoms with Crippen molar-refractivity contribution in [3.05, 3.63) is 105 Å². The highest BCUT2D eigenvalue weighted by molar-refractivity contribution is 6.33. The van der Waals surface area contributed by atoms with Crippen LogP contribution in [0.3, 0.4) is 0 Å². The van der Waals surface area contributed by atoms with Crippen LogP contribution in [0.1, 0.15) is 16.1 Å². The first kappa shape index (κ1) is 21.3. The van der Waals surface area contributed by atoms with Gasteiger partial charge in [-0.05, 0) is 49.4 Å². The minimum atomic E-state index is -0.393. The van der Waals surface area contributed by atoms with Gasteiger partial charge in [0.25, 0.3) is 5.91 Å². The largest absolute Gasteiger partial charge is 0.497 e. The number of amides is 1. The molecule has 0 atom stereocenters. The van der Waals surface area contributed by atoms with E-state index in [1.807, 2.05) is 30.3 Å². The molecule has 6 nitrogen and oxygen atoms in total. The number of hydrogen-bond donors (Lipinski definition) is 1. The van der Waals surface area contributed by atoms with Gasteiger partial charge in [0, 0.05) is 16.1 Å². The van der Waals surface area contributed by atoms with E-state index in [0.29, 0.717) is 27.6 Å². The number of nitrogens with zero attached hydrogens (tertiary/aromatic N) is 2. The molecule has 1 heterocycles. The van der Waals surface area contributed by atoms with Crippen LogP contribution in [0.5, 0.6) is 5.75 Å². The molecule has 1 N–H and O–H groups in total. The fraction of sp³-hybridized carbons (Fsp3) is 0.0800. The number of aromatic nitrogens is 2. The van der Waals surface area contributed by atoms with Gasteiger partial charge < -0.3 is 10.1 Å². The average molecular weight is 446 g/mol. The number of ether oxygens (including phenoxy) is 1. The van der Waals surface area contributed by atoms with Gasteiger partial charge in [-0.15, -0.1) is 0 Å². The van der Waals surface area contributed by atoms with Gasteiger partial charge in [-0.2, -0.15) is 5.10 Å². The normalized spacial score (nSPS) is 10.6. The number of hydrogen-bond acceptors (Lipinski definition) is 4. The van der Waals surface area contributed by atoms with Crippen LogP contribution in [0, 0.1) is 6.92 Å². The Bertz CT molecular complexity index is 1330. The fourth-order valence-electron chi connectivity index (χ4n) is 3.35. The standard InChI is InChI=1S/C25H20ClN3O3/c1-16-23(30)22(20-10-6-7-11-21(20)26)24(29(28-16)18-8-4-3-5-9-18)27-25(31)17-12-14-19(32-2)15-13-17/h3-15H,1-2H3,(H,27,31). The number of para-hydroxylation sites is 1. The van der Waals surface area contributed by atoms with Crippen molar-refractivity contribution >= 4 is 23.3 Å². The molecule has 0 saturated carbocycles. The molecule has 3 aromatic carbocycles. The summed E-state index contributed by atoms with van der Waals surface area (Å²) in [4.78, 5) is 26.4. The highest BCUT2D eigenvalue weighted by Crippen LogP contribution is 2.32. The Morgan fingerprint density at radius 1 is 0.969 bits per heavy atom. The zero-order chi connectivity index (χ0) is 22.7. The van der Waals surface area contributed by atoms with Gasteiger partial charge in [0.15, 0.2) is 0 Å². The van der Waals surface area contributed by atoms with Crippen molar-refractivity contribution in [2.24, 2.45) is 0 Å². The van der Waals surface area contributed by atoms with Crippen LogP contribution in [0.15, 0.2) is 83.7 Å². The summed E-state index contributed by atoms with van der Waals surface area (Å²) in [5.41, 5.74) is 1.85. The number of methoxy groups -OCH3 is 1. The second-order valence-corrected chi connectivity index (χ2v) is 7.46. The molecule has 1 aromatic heterocycles. The van der Waals surface area contributed by atoms with Gasteiger partial charge in [-0.25, -0.2) is 4.68 Å². The molecule has 4 rings (SSSR count). The Hall–Kier alpha value is -3.90. The molecule has 0 aliphatic heterocycles. The number of aryl methyl sites for hydroxylation is 1. The summed E-state index contributed by atoms with van der Waals surface area (Å²) in [6.07, 6.45) is 0. The van der Waals surface area contributed by atoms with E-state index in [0.717, 1.165) is 0 Å². The Morgan fingerprint density at radius 3 is 2.28 bits per heavy atom. The predicted molar refractivity (Wildman–Crippen MR) is 126 cm³/mol. The lowest BCUT2D eigenvalue weighted by molar-refractivity contribution is 0.102. The van der Waals surface area contributed by atoms with E-state index in [9.17, 15) is 9.59 Å². The van der Waals surface area contributed by atoms with Gasteiger partial charge in [0.05, 0.1) is 18.4 Å². The molecule has 4 aromatic rings. The molecule has 32 heavy (non-hydrogen) atoms. The quantitative estimate of drug-likeness (QED) is 0.462. The van der Waals surface area contributed by atoms with Crippen LogP contribution in [-0.4, -0.2) is 22.8 Å². The van der Waals surface area contributed by atoms with Crippen LogP contribution in [-0.2, 0) is 0 Å². The van der Waals surface area contributed by atoms with E-state index in [1.165, 1.54) is 0 Å². The maximum Gasteiger partial charge on any atom is 0.256 e. The highest BCUT2D eigenvalue weighted by Gasteiger charge is 2.22. The summed E-state index contributed by atoms with van der Waals surface area (Å²) >= 11 is 6.45. The van der Waals surface area contributed by atoms with E-state index in [2.05, 4.69) is 10.4 Å². The van der Waals surface area contributed by atoms with Crippen molar-refractivity contribution in [2.75, 3.05) is 12.4 Å². The SMILES string of the molecule is COc1ccc(C(=O)Nc2c(-c3ccccc3Cl)c(=O)c(C)nn2-c2ccccc2)cc1. The summed E-state index contributed by atoms with van der Waals surface area (Å²) in [5, 5.41) is 7.74. The third kappa shape index (κ3) is 4.13. The summed E-state index contributed by atoms with van der Waals surface area (Å²) in [6.45, 7) is 1.64. The van der Waals surface area contributed by atoms with E-state index < -0.39 is 5.91 Å². The topological polar surface area (TPSA) is 73.2 Å². The lowest BCUT2D eigenvalue weighted by Gasteiger charge is -2.19. The molecule has 0 spiro atoms. The zero-order valence-electron chi connectivity index (χ0n) is 17.5. The van der Waals surface area contributed by atoms with Crippen LogP contribution in [0.2, 0.25) is 5.02 Å². The lowest BCUT2D eigenvalue weighted by Crippen LogP contribution is -2.25.